The van der Waals surface area contributed by atoms with E-state index in [9.17, 15) is 9.90 Å². The predicted molar refractivity (Wildman–Crippen MR) is 94.5 cm³/mol. The Bertz CT molecular complexity index is 607. The van der Waals surface area contributed by atoms with E-state index < -0.39 is 0 Å². The van der Waals surface area contributed by atoms with Crippen LogP contribution in [0.5, 0.6) is 0 Å². The van der Waals surface area contributed by atoms with Crippen LogP contribution < -0.4 is 0 Å². The molecule has 0 heterocycles. The molecule has 4 heteroatoms. The van der Waals surface area contributed by atoms with Crippen LogP contribution in [0, 0.1) is 5.41 Å². The van der Waals surface area contributed by atoms with Crippen molar-refractivity contribution in [1.82, 2.24) is 0 Å². The van der Waals surface area contributed by atoms with E-state index >= 15 is 0 Å². The van der Waals surface area contributed by atoms with E-state index in [1.807, 2.05) is 13.8 Å². The van der Waals surface area contributed by atoms with Gasteiger partial charge in [-0.15, -0.1) is 11.8 Å². The number of aliphatic imine (C=N–C) groups is 1. The van der Waals surface area contributed by atoms with Gasteiger partial charge in [0.15, 0.2) is 5.78 Å². The van der Waals surface area contributed by atoms with Crippen molar-refractivity contribution in [2.75, 3.05) is 12.8 Å². The van der Waals surface area contributed by atoms with Crippen molar-refractivity contribution in [3.63, 3.8) is 0 Å². The molecule has 22 heavy (non-hydrogen) atoms. The average Bonchev–Trinajstić information content (AvgIpc) is 2.66. The predicted octanol–water partition coefficient (Wildman–Crippen LogP) is 4.39. The summed E-state index contributed by atoms with van der Waals surface area (Å²) in [5.74, 6) is 0.149. The van der Waals surface area contributed by atoms with Crippen LogP contribution in [0.25, 0.3) is 0 Å². The molecule has 2 rings (SSSR count). The smallest absolute Gasteiger partial charge is 0.168 e. The molecule has 0 aliphatic heterocycles. The number of rotatable bonds is 4. The summed E-state index contributed by atoms with van der Waals surface area (Å²) in [5.41, 5.74) is 1.34. The molecule has 0 aromatic heterocycles. The zero-order valence-corrected chi connectivity index (χ0v) is 14.2. The van der Waals surface area contributed by atoms with Gasteiger partial charge in [0.1, 0.15) is 5.76 Å². The first kappa shape index (κ1) is 16.8. The minimum Gasteiger partial charge on any atom is -0.511 e. The number of nitrogens with zero attached hydrogens (tertiary/aromatic N) is 1. The third-order valence-corrected chi connectivity index (χ3v) is 4.56. The molecule has 0 saturated heterocycles. The van der Waals surface area contributed by atoms with E-state index in [4.69, 9.17) is 0 Å². The highest BCUT2D eigenvalue weighted by molar-refractivity contribution is 8.02. The molecular weight excluding hydrogens is 294 g/mol. The van der Waals surface area contributed by atoms with Crippen molar-refractivity contribution in [2.24, 2.45) is 10.4 Å². The molecule has 0 unspecified atom stereocenters. The number of hydrogen-bond acceptors (Lipinski definition) is 4. The summed E-state index contributed by atoms with van der Waals surface area (Å²) in [5, 5.41) is 10.1. The van der Waals surface area contributed by atoms with E-state index in [-0.39, 0.29) is 17.0 Å². The Morgan fingerprint density at radius 2 is 2.09 bits per heavy atom. The Labute approximate surface area is 136 Å². The summed E-state index contributed by atoms with van der Waals surface area (Å²) in [7, 11) is 0. The Hall–Kier alpha value is -1.55. The lowest BCUT2D eigenvalue weighted by atomic mass is 9.77. The Morgan fingerprint density at radius 1 is 1.32 bits per heavy atom. The molecule has 0 radical (unpaired) electrons. The van der Waals surface area contributed by atoms with Crippen molar-refractivity contribution in [1.29, 1.82) is 0 Å². The number of aliphatic hydroxyl groups is 1. The summed E-state index contributed by atoms with van der Waals surface area (Å²) >= 11 is 1.73. The summed E-state index contributed by atoms with van der Waals surface area (Å²) in [6, 6.07) is 0. The van der Waals surface area contributed by atoms with Gasteiger partial charge in [0.25, 0.3) is 0 Å². The zero-order valence-electron chi connectivity index (χ0n) is 13.4. The fourth-order valence-corrected chi connectivity index (χ4v) is 3.08. The Morgan fingerprint density at radius 3 is 2.77 bits per heavy atom. The van der Waals surface area contributed by atoms with Gasteiger partial charge in [0, 0.05) is 24.0 Å². The minimum atomic E-state index is -0.162. The number of hydrogen-bond donors (Lipinski definition) is 1. The van der Waals surface area contributed by atoms with Crippen molar-refractivity contribution in [3.8, 4) is 0 Å². The van der Waals surface area contributed by atoms with Crippen LogP contribution in [0.3, 0.4) is 0 Å². The molecule has 0 fully saturated rings. The fraction of sp³-hybridized carbons (Fsp3) is 0.444. The molecule has 118 valence electrons. The first-order valence-corrected chi connectivity index (χ1v) is 8.70. The highest BCUT2D eigenvalue weighted by atomic mass is 32.2. The molecule has 0 atom stereocenters. The van der Waals surface area contributed by atoms with Crippen LogP contribution in [-0.4, -0.2) is 29.9 Å². The maximum absolute atomic E-state index is 12.1. The molecule has 0 bridgehead atoms. The van der Waals surface area contributed by atoms with Crippen LogP contribution in [-0.2, 0) is 4.79 Å². The lowest BCUT2D eigenvalue weighted by Gasteiger charge is -2.28. The molecule has 0 aromatic carbocycles. The van der Waals surface area contributed by atoms with Crippen LogP contribution in [0.2, 0.25) is 0 Å². The van der Waals surface area contributed by atoms with Crippen molar-refractivity contribution in [3.05, 3.63) is 46.1 Å². The maximum Gasteiger partial charge on any atom is 0.168 e. The number of aliphatic hydroxyl groups excluding tert-OH is 1. The fourth-order valence-electron chi connectivity index (χ4n) is 2.61. The number of Topliss-reactive ketones (excluding diaryl/α,β-unsaturated/α-hetero) is 1. The molecule has 0 amide bonds. The summed E-state index contributed by atoms with van der Waals surface area (Å²) in [4.78, 5) is 17.7. The Kier molecular flexibility index (Phi) is 5.46. The number of carbonyl (C=O) groups is 1. The lowest BCUT2D eigenvalue weighted by Crippen LogP contribution is -2.26. The van der Waals surface area contributed by atoms with Crippen LogP contribution in [0.15, 0.2) is 51.1 Å². The number of thioether (sulfide) groups is 1. The molecule has 1 N–H and O–H groups in total. The van der Waals surface area contributed by atoms with E-state index in [1.165, 1.54) is 11.1 Å². The molecule has 0 aromatic rings. The lowest BCUT2D eigenvalue weighted by molar-refractivity contribution is -0.117. The van der Waals surface area contributed by atoms with Gasteiger partial charge in [-0.3, -0.25) is 9.79 Å². The molecule has 3 nitrogen and oxygen atoms in total. The first-order valence-electron chi connectivity index (χ1n) is 7.48. The monoisotopic (exact) mass is 317 g/mol. The normalized spacial score (nSPS) is 21.9. The van der Waals surface area contributed by atoms with Gasteiger partial charge >= 0.3 is 0 Å². The van der Waals surface area contributed by atoms with E-state index in [1.54, 1.807) is 11.8 Å². The molecule has 2 aliphatic rings. The number of ketones is 1. The van der Waals surface area contributed by atoms with Crippen LogP contribution >= 0.6 is 11.8 Å². The molecule has 0 spiro atoms. The van der Waals surface area contributed by atoms with Crippen LogP contribution in [0.4, 0.5) is 0 Å². The third kappa shape index (κ3) is 4.47. The molecule has 0 saturated carbocycles. The van der Waals surface area contributed by atoms with Crippen molar-refractivity contribution >= 4 is 23.8 Å². The summed E-state index contributed by atoms with van der Waals surface area (Å²) < 4.78 is 0. The van der Waals surface area contributed by atoms with Crippen molar-refractivity contribution < 1.29 is 9.90 Å². The Balaban J connectivity index is 2.02. The second-order valence-corrected chi connectivity index (χ2v) is 7.31. The largest absolute Gasteiger partial charge is 0.511 e. The second-order valence-electron chi connectivity index (χ2n) is 6.43. The first-order chi connectivity index (χ1) is 10.4. The molecular formula is C18H23NO2S. The van der Waals surface area contributed by atoms with Gasteiger partial charge in [0.2, 0.25) is 0 Å². The van der Waals surface area contributed by atoms with E-state index in [0.717, 1.165) is 12.0 Å². The zero-order chi connectivity index (χ0) is 16.2. The second kappa shape index (κ2) is 7.14. The third-order valence-electron chi connectivity index (χ3n) is 3.79. The van der Waals surface area contributed by atoms with Crippen molar-refractivity contribution in [2.45, 2.75) is 33.1 Å². The van der Waals surface area contributed by atoms with Gasteiger partial charge in [-0.25, -0.2) is 0 Å². The van der Waals surface area contributed by atoms with E-state index in [0.29, 0.717) is 25.0 Å². The standard InChI is InChI=1S/C18H23NO2S/c1-18(2)9-16(20)15(17(21)10-18)12-19-11-13-5-4-6-14(22-3)8-7-13/h5-8,12,20H,4,9-11H2,1-3H3. The summed E-state index contributed by atoms with van der Waals surface area (Å²) in [6.45, 7) is 4.51. The van der Waals surface area contributed by atoms with Gasteiger partial charge < -0.3 is 5.11 Å². The number of carbonyl (C=O) groups excluding carboxylic acids is 1. The van der Waals surface area contributed by atoms with Crippen LogP contribution in [0.1, 0.15) is 33.1 Å². The minimum absolute atomic E-state index is 0.0192. The topological polar surface area (TPSA) is 49.7 Å². The molecule has 2 aliphatic carbocycles. The van der Waals surface area contributed by atoms with Gasteiger partial charge in [-0.05, 0) is 29.7 Å². The van der Waals surface area contributed by atoms with Gasteiger partial charge in [0.05, 0.1) is 12.1 Å². The average molecular weight is 317 g/mol. The maximum atomic E-state index is 12.1. The number of allylic oxidation sites excluding steroid dienone is 5. The van der Waals surface area contributed by atoms with Gasteiger partial charge in [-0.2, -0.15) is 0 Å². The SMILES string of the molecule is CSC1=CCC=C(CN=CC2=C(O)CC(C)(C)CC2=O)C=C1. The highest BCUT2D eigenvalue weighted by Gasteiger charge is 2.32. The van der Waals surface area contributed by atoms with E-state index in [2.05, 4.69) is 35.6 Å². The quantitative estimate of drug-likeness (QED) is 0.782. The summed E-state index contributed by atoms with van der Waals surface area (Å²) in [6.07, 6.45) is 14.0. The van der Waals surface area contributed by atoms with Gasteiger partial charge in [-0.1, -0.05) is 32.1 Å². The highest BCUT2D eigenvalue weighted by Crippen LogP contribution is 2.35.